The number of hydrogen-bond acceptors (Lipinski definition) is 3. The fourth-order valence-electron chi connectivity index (χ4n) is 4.28. The van der Waals surface area contributed by atoms with Crippen LogP contribution in [0, 0.1) is 5.92 Å². The smallest absolute Gasteiger partial charge is 0.0594 e. The number of rotatable bonds is 7. The summed E-state index contributed by atoms with van der Waals surface area (Å²) >= 11 is 0. The predicted octanol–water partition coefficient (Wildman–Crippen LogP) is 3.80. The van der Waals surface area contributed by atoms with Crippen LogP contribution in [-0.4, -0.2) is 44.3 Å². The number of fused-ring (bicyclic) bond motifs is 1. The average molecular weight is 341 g/mol. The molecule has 1 aliphatic rings. The van der Waals surface area contributed by atoms with E-state index in [-0.39, 0.29) is 5.41 Å². The summed E-state index contributed by atoms with van der Waals surface area (Å²) in [6, 6.07) is 15.4. The molecule has 1 heterocycles. The van der Waals surface area contributed by atoms with E-state index in [1.807, 2.05) is 0 Å². The van der Waals surface area contributed by atoms with Crippen LogP contribution in [0.3, 0.4) is 0 Å². The van der Waals surface area contributed by atoms with E-state index in [0.29, 0.717) is 12.5 Å². The van der Waals surface area contributed by atoms with Gasteiger partial charge in [0.2, 0.25) is 0 Å². The van der Waals surface area contributed by atoms with Gasteiger partial charge in [-0.3, -0.25) is 4.90 Å². The van der Waals surface area contributed by atoms with Crippen molar-refractivity contribution in [2.45, 2.75) is 32.1 Å². The van der Waals surface area contributed by atoms with Gasteiger partial charge in [-0.2, -0.15) is 0 Å². The Labute approximate surface area is 152 Å². The zero-order valence-corrected chi connectivity index (χ0v) is 15.7. The summed E-state index contributed by atoms with van der Waals surface area (Å²) in [5.74, 6) is 0.507. The first-order chi connectivity index (χ1) is 12.2. The molecule has 1 atom stereocenters. The highest BCUT2D eigenvalue weighted by atomic mass is 16.5. The van der Waals surface area contributed by atoms with Crippen molar-refractivity contribution in [2.24, 2.45) is 11.7 Å². The Balaban J connectivity index is 1.84. The van der Waals surface area contributed by atoms with Crippen LogP contribution < -0.4 is 5.73 Å². The van der Waals surface area contributed by atoms with Gasteiger partial charge in [0.15, 0.2) is 0 Å². The number of morpholine rings is 1. The van der Waals surface area contributed by atoms with Crippen LogP contribution in [0.5, 0.6) is 0 Å². The van der Waals surface area contributed by atoms with E-state index in [2.05, 4.69) is 61.2 Å². The molecule has 2 N–H and O–H groups in total. The first-order valence-corrected chi connectivity index (χ1v) is 9.66. The van der Waals surface area contributed by atoms with E-state index in [1.165, 1.54) is 22.8 Å². The van der Waals surface area contributed by atoms with Crippen molar-refractivity contribution >= 4 is 10.8 Å². The molecule has 3 nitrogen and oxygen atoms in total. The molecule has 0 bridgehead atoms. The van der Waals surface area contributed by atoms with Crippen molar-refractivity contribution in [1.29, 1.82) is 0 Å². The van der Waals surface area contributed by atoms with Crippen molar-refractivity contribution < 1.29 is 4.74 Å². The maximum atomic E-state index is 6.42. The van der Waals surface area contributed by atoms with Crippen LogP contribution in [0.4, 0.5) is 0 Å². The van der Waals surface area contributed by atoms with Crippen LogP contribution in [-0.2, 0) is 10.2 Å². The second-order valence-corrected chi connectivity index (χ2v) is 7.60. The molecule has 1 saturated heterocycles. The van der Waals surface area contributed by atoms with Crippen molar-refractivity contribution in [3.05, 3.63) is 48.0 Å². The maximum absolute atomic E-state index is 6.42. The van der Waals surface area contributed by atoms with Crippen LogP contribution in [0.15, 0.2) is 42.5 Å². The minimum Gasteiger partial charge on any atom is -0.379 e. The predicted molar refractivity (Wildman–Crippen MR) is 106 cm³/mol. The SMILES string of the molecule is CC(C)C(CN)(CCCN1CCOCC1)c1cccc2ccccc12. The Morgan fingerprint density at radius 1 is 1.08 bits per heavy atom. The van der Waals surface area contributed by atoms with Gasteiger partial charge in [-0.25, -0.2) is 0 Å². The highest BCUT2D eigenvalue weighted by Gasteiger charge is 2.35. The molecule has 2 aromatic carbocycles. The Morgan fingerprint density at radius 2 is 1.80 bits per heavy atom. The first-order valence-electron chi connectivity index (χ1n) is 9.66. The van der Waals surface area contributed by atoms with Crippen molar-refractivity contribution in [3.8, 4) is 0 Å². The fraction of sp³-hybridized carbons (Fsp3) is 0.545. The minimum atomic E-state index is 0.0349. The van der Waals surface area contributed by atoms with Crippen molar-refractivity contribution in [1.82, 2.24) is 4.90 Å². The van der Waals surface area contributed by atoms with E-state index in [0.717, 1.165) is 39.3 Å². The van der Waals surface area contributed by atoms with Gasteiger partial charge in [-0.15, -0.1) is 0 Å². The number of hydrogen-bond donors (Lipinski definition) is 1. The van der Waals surface area contributed by atoms with Crippen molar-refractivity contribution in [2.75, 3.05) is 39.4 Å². The molecule has 2 aromatic rings. The van der Waals surface area contributed by atoms with Gasteiger partial charge in [-0.1, -0.05) is 56.3 Å². The molecule has 1 aliphatic heterocycles. The molecule has 136 valence electrons. The molecule has 0 spiro atoms. The van der Waals surface area contributed by atoms with Gasteiger partial charge >= 0.3 is 0 Å². The van der Waals surface area contributed by atoms with E-state index in [9.17, 15) is 0 Å². The number of nitrogens with two attached hydrogens (primary N) is 1. The summed E-state index contributed by atoms with van der Waals surface area (Å²) in [7, 11) is 0. The standard InChI is InChI=1S/C22H32N2O/c1-18(2)22(17-23,11-6-12-24-13-15-25-16-14-24)21-10-5-8-19-7-3-4-9-20(19)21/h3-5,7-10,18H,6,11-17,23H2,1-2H3. The Bertz CT molecular complexity index is 673. The Kier molecular flexibility index (Phi) is 6.10. The molecule has 3 heteroatoms. The zero-order chi connectivity index (χ0) is 17.7. The Hall–Kier alpha value is -1.42. The minimum absolute atomic E-state index is 0.0349. The number of ether oxygens (including phenoxy) is 1. The monoisotopic (exact) mass is 340 g/mol. The maximum Gasteiger partial charge on any atom is 0.0594 e. The van der Waals surface area contributed by atoms with E-state index < -0.39 is 0 Å². The van der Waals surface area contributed by atoms with Crippen LogP contribution in [0.2, 0.25) is 0 Å². The molecular formula is C22H32N2O. The van der Waals surface area contributed by atoms with Gasteiger partial charge in [0.05, 0.1) is 13.2 Å². The summed E-state index contributed by atoms with van der Waals surface area (Å²) in [5, 5.41) is 2.67. The van der Waals surface area contributed by atoms with E-state index in [4.69, 9.17) is 10.5 Å². The van der Waals surface area contributed by atoms with Gasteiger partial charge in [-0.05, 0) is 41.6 Å². The molecule has 0 saturated carbocycles. The molecule has 0 aromatic heterocycles. The normalized spacial score (nSPS) is 18.6. The zero-order valence-electron chi connectivity index (χ0n) is 15.7. The van der Waals surface area contributed by atoms with Crippen LogP contribution in [0.25, 0.3) is 10.8 Å². The Morgan fingerprint density at radius 3 is 2.52 bits per heavy atom. The molecule has 1 unspecified atom stereocenters. The lowest BCUT2D eigenvalue weighted by atomic mass is 9.67. The number of nitrogens with zero attached hydrogens (tertiary/aromatic N) is 1. The highest BCUT2D eigenvalue weighted by Crippen LogP contribution is 2.39. The van der Waals surface area contributed by atoms with E-state index >= 15 is 0 Å². The largest absolute Gasteiger partial charge is 0.379 e. The molecule has 3 rings (SSSR count). The third-order valence-corrected chi connectivity index (χ3v) is 6.00. The van der Waals surface area contributed by atoms with Gasteiger partial charge in [0.1, 0.15) is 0 Å². The second-order valence-electron chi connectivity index (χ2n) is 7.60. The summed E-state index contributed by atoms with van der Waals surface area (Å²) in [6.45, 7) is 10.3. The van der Waals surface area contributed by atoms with Crippen molar-refractivity contribution in [3.63, 3.8) is 0 Å². The summed E-state index contributed by atoms with van der Waals surface area (Å²) in [5.41, 5.74) is 7.87. The molecular weight excluding hydrogens is 308 g/mol. The molecule has 0 amide bonds. The van der Waals surface area contributed by atoms with Gasteiger partial charge < -0.3 is 10.5 Å². The molecule has 25 heavy (non-hydrogen) atoms. The first kappa shape index (κ1) is 18.4. The third-order valence-electron chi connectivity index (χ3n) is 6.00. The lowest BCUT2D eigenvalue weighted by Gasteiger charge is -2.39. The molecule has 0 radical (unpaired) electrons. The fourth-order valence-corrected chi connectivity index (χ4v) is 4.28. The summed E-state index contributed by atoms with van der Waals surface area (Å²) in [4.78, 5) is 2.52. The lowest BCUT2D eigenvalue weighted by Crippen LogP contribution is -2.42. The highest BCUT2D eigenvalue weighted by molar-refractivity contribution is 5.86. The quantitative estimate of drug-likeness (QED) is 0.833. The summed E-state index contributed by atoms with van der Waals surface area (Å²) < 4.78 is 5.46. The van der Waals surface area contributed by atoms with Gasteiger partial charge in [0.25, 0.3) is 0 Å². The van der Waals surface area contributed by atoms with E-state index in [1.54, 1.807) is 0 Å². The van der Waals surface area contributed by atoms with Crippen LogP contribution in [0.1, 0.15) is 32.3 Å². The average Bonchev–Trinajstić information content (AvgIpc) is 2.66. The number of benzene rings is 2. The third kappa shape index (κ3) is 3.89. The second kappa shape index (κ2) is 8.31. The molecule has 0 aliphatic carbocycles. The summed E-state index contributed by atoms with van der Waals surface area (Å²) in [6.07, 6.45) is 2.31. The van der Waals surface area contributed by atoms with Gasteiger partial charge in [0, 0.05) is 25.0 Å². The van der Waals surface area contributed by atoms with Crippen LogP contribution >= 0.6 is 0 Å². The molecule has 1 fully saturated rings. The topological polar surface area (TPSA) is 38.5 Å². The lowest BCUT2D eigenvalue weighted by molar-refractivity contribution is 0.0360.